The number of hydrogen-bond acceptors (Lipinski definition) is 2. The Morgan fingerprint density at radius 1 is 1.30 bits per heavy atom. The van der Waals surface area contributed by atoms with Crippen LogP contribution in [0.25, 0.3) is 0 Å². The number of amides is 2. The van der Waals surface area contributed by atoms with Gasteiger partial charge in [-0.1, -0.05) is 26.8 Å². The Balaban J connectivity index is 2.43. The quantitative estimate of drug-likeness (QED) is 0.854. The van der Waals surface area contributed by atoms with Crippen LogP contribution in [0.5, 0.6) is 0 Å². The molecule has 4 nitrogen and oxygen atoms in total. The zero-order valence-electron chi connectivity index (χ0n) is 12.2. The van der Waals surface area contributed by atoms with Gasteiger partial charge in [0.25, 0.3) is 5.91 Å². The molecule has 2 rings (SSSR count). The van der Waals surface area contributed by atoms with Crippen LogP contribution < -0.4 is 10.2 Å². The van der Waals surface area contributed by atoms with Gasteiger partial charge >= 0.3 is 0 Å². The highest BCUT2D eigenvalue weighted by atomic mass is 19.1. The topological polar surface area (TPSA) is 49.4 Å². The molecule has 1 aliphatic rings. The third-order valence-electron chi connectivity index (χ3n) is 3.38. The van der Waals surface area contributed by atoms with Crippen molar-refractivity contribution in [3.63, 3.8) is 0 Å². The Hall–Kier alpha value is -1.91. The second kappa shape index (κ2) is 4.89. The van der Waals surface area contributed by atoms with E-state index >= 15 is 0 Å². The van der Waals surface area contributed by atoms with Gasteiger partial charge in [-0.15, -0.1) is 0 Å². The first-order valence-corrected chi connectivity index (χ1v) is 6.57. The van der Waals surface area contributed by atoms with Gasteiger partial charge in [-0.05, 0) is 30.0 Å². The van der Waals surface area contributed by atoms with Crippen molar-refractivity contribution in [2.24, 2.45) is 5.41 Å². The van der Waals surface area contributed by atoms with Crippen molar-refractivity contribution in [1.29, 1.82) is 0 Å². The van der Waals surface area contributed by atoms with Gasteiger partial charge in [-0.2, -0.15) is 0 Å². The van der Waals surface area contributed by atoms with Crippen LogP contribution in [0.1, 0.15) is 26.3 Å². The number of piperazine rings is 1. The van der Waals surface area contributed by atoms with Crippen LogP contribution in [0.3, 0.4) is 0 Å². The smallest absolute Gasteiger partial charge is 0.250 e. The molecule has 0 radical (unpaired) electrons. The van der Waals surface area contributed by atoms with E-state index in [4.69, 9.17) is 0 Å². The fraction of sp³-hybridized carbons (Fsp3) is 0.467. The van der Waals surface area contributed by atoms with Crippen molar-refractivity contribution in [2.45, 2.75) is 33.7 Å². The second-order valence-electron chi connectivity index (χ2n) is 6.25. The molecule has 1 unspecified atom stereocenters. The van der Waals surface area contributed by atoms with Crippen molar-refractivity contribution >= 4 is 17.5 Å². The molecule has 1 N–H and O–H groups in total. The lowest BCUT2D eigenvalue weighted by Gasteiger charge is -2.39. The van der Waals surface area contributed by atoms with Crippen LogP contribution in [-0.2, 0) is 9.59 Å². The highest BCUT2D eigenvalue weighted by molar-refractivity contribution is 6.07. The molecular weight excluding hydrogens is 259 g/mol. The second-order valence-corrected chi connectivity index (χ2v) is 6.25. The van der Waals surface area contributed by atoms with Gasteiger partial charge in [-0.3, -0.25) is 14.5 Å². The molecule has 108 valence electrons. The number of hydrogen-bond donors (Lipinski definition) is 1. The lowest BCUT2D eigenvalue weighted by atomic mass is 9.84. The third kappa shape index (κ3) is 2.66. The molecule has 0 saturated carbocycles. The molecule has 5 heteroatoms. The average Bonchev–Trinajstić information content (AvgIpc) is 2.33. The summed E-state index contributed by atoms with van der Waals surface area (Å²) in [6, 6.07) is 3.89. The van der Waals surface area contributed by atoms with Crippen LogP contribution >= 0.6 is 0 Å². The van der Waals surface area contributed by atoms with Gasteiger partial charge in [0, 0.05) is 0 Å². The van der Waals surface area contributed by atoms with E-state index in [1.807, 2.05) is 27.7 Å². The molecule has 1 aliphatic heterocycles. The normalized spacial score (nSPS) is 20.1. The fourth-order valence-electron chi connectivity index (χ4n) is 2.27. The Labute approximate surface area is 118 Å². The standard InChI is InChI=1S/C15H19FN2O2/c1-9-5-6-10(16)11(7-9)18-8-12(19)17-13(14(18)20)15(2,3)4/h5-7,13H,8H2,1-4H3,(H,17,19). The number of nitrogens with zero attached hydrogens (tertiary/aromatic N) is 1. The highest BCUT2D eigenvalue weighted by Crippen LogP contribution is 2.28. The van der Waals surface area contributed by atoms with Crippen LogP contribution in [-0.4, -0.2) is 24.4 Å². The maximum absolute atomic E-state index is 14.0. The number of aryl methyl sites for hydroxylation is 1. The predicted molar refractivity (Wildman–Crippen MR) is 74.9 cm³/mol. The molecule has 1 aromatic rings. The van der Waals surface area contributed by atoms with E-state index in [9.17, 15) is 14.0 Å². The highest BCUT2D eigenvalue weighted by Gasteiger charge is 2.41. The third-order valence-corrected chi connectivity index (χ3v) is 3.38. The van der Waals surface area contributed by atoms with Gasteiger partial charge in [-0.25, -0.2) is 4.39 Å². The summed E-state index contributed by atoms with van der Waals surface area (Å²) >= 11 is 0. The Bertz CT molecular complexity index is 563. The lowest BCUT2D eigenvalue weighted by molar-refractivity contribution is -0.133. The molecule has 0 aromatic heterocycles. The van der Waals surface area contributed by atoms with E-state index in [1.165, 1.54) is 11.0 Å². The van der Waals surface area contributed by atoms with Gasteiger partial charge in [0.15, 0.2) is 0 Å². The molecular formula is C15H19FN2O2. The van der Waals surface area contributed by atoms with Crippen molar-refractivity contribution in [3.05, 3.63) is 29.6 Å². The van der Waals surface area contributed by atoms with Gasteiger partial charge in [0.1, 0.15) is 18.4 Å². The summed E-state index contributed by atoms with van der Waals surface area (Å²) < 4.78 is 14.0. The van der Waals surface area contributed by atoms with Crippen molar-refractivity contribution in [2.75, 3.05) is 11.4 Å². The summed E-state index contributed by atoms with van der Waals surface area (Å²) in [5, 5.41) is 2.69. The van der Waals surface area contributed by atoms with E-state index in [-0.39, 0.29) is 24.0 Å². The van der Waals surface area contributed by atoms with Gasteiger partial charge in [0.05, 0.1) is 5.69 Å². The molecule has 1 fully saturated rings. The number of anilines is 1. The van der Waals surface area contributed by atoms with Gasteiger partial charge < -0.3 is 5.32 Å². The molecule has 0 bridgehead atoms. The van der Waals surface area contributed by atoms with Crippen LogP contribution in [0.4, 0.5) is 10.1 Å². The SMILES string of the molecule is Cc1ccc(F)c(N2CC(=O)NC(C(C)(C)C)C2=O)c1. The zero-order chi connectivity index (χ0) is 15.1. The molecule has 1 saturated heterocycles. The van der Waals surface area contributed by atoms with Gasteiger partial charge in [0.2, 0.25) is 5.91 Å². The van der Waals surface area contributed by atoms with E-state index in [1.54, 1.807) is 12.1 Å². The Kier molecular flexibility index (Phi) is 3.54. The molecule has 1 heterocycles. The lowest BCUT2D eigenvalue weighted by Crippen LogP contribution is -2.62. The zero-order valence-corrected chi connectivity index (χ0v) is 12.2. The minimum absolute atomic E-state index is 0.147. The molecule has 20 heavy (non-hydrogen) atoms. The molecule has 1 atom stereocenters. The number of benzene rings is 1. The van der Waals surface area contributed by atoms with Crippen LogP contribution in [0.2, 0.25) is 0 Å². The first kappa shape index (κ1) is 14.5. The maximum Gasteiger partial charge on any atom is 0.250 e. The Morgan fingerprint density at radius 2 is 1.95 bits per heavy atom. The van der Waals surface area contributed by atoms with E-state index in [0.29, 0.717) is 0 Å². The minimum atomic E-state index is -0.649. The van der Waals surface area contributed by atoms with Crippen molar-refractivity contribution in [1.82, 2.24) is 5.32 Å². The molecule has 2 amide bonds. The van der Waals surface area contributed by atoms with Crippen molar-refractivity contribution in [3.8, 4) is 0 Å². The monoisotopic (exact) mass is 278 g/mol. The van der Waals surface area contributed by atoms with E-state index in [0.717, 1.165) is 5.56 Å². The summed E-state index contributed by atoms with van der Waals surface area (Å²) in [6.07, 6.45) is 0. The first-order valence-electron chi connectivity index (χ1n) is 6.57. The average molecular weight is 278 g/mol. The summed E-state index contributed by atoms with van der Waals surface area (Å²) in [4.78, 5) is 25.6. The maximum atomic E-state index is 14.0. The van der Waals surface area contributed by atoms with Crippen molar-refractivity contribution < 1.29 is 14.0 Å². The number of halogens is 1. The molecule has 0 aliphatic carbocycles. The molecule has 0 spiro atoms. The number of carbonyl (C=O) groups is 2. The predicted octanol–water partition coefficient (Wildman–Crippen LogP) is 2.01. The number of rotatable bonds is 1. The van der Waals surface area contributed by atoms with Crippen LogP contribution in [0.15, 0.2) is 18.2 Å². The van der Waals surface area contributed by atoms with Crippen LogP contribution in [0, 0.1) is 18.2 Å². The fourth-order valence-corrected chi connectivity index (χ4v) is 2.27. The largest absolute Gasteiger partial charge is 0.342 e. The summed E-state index contributed by atoms with van der Waals surface area (Å²) in [5.41, 5.74) is 0.581. The minimum Gasteiger partial charge on any atom is -0.342 e. The first-order chi connectivity index (χ1) is 9.20. The molecule has 1 aromatic carbocycles. The van der Waals surface area contributed by atoms with E-state index in [2.05, 4.69) is 5.32 Å². The number of nitrogens with one attached hydrogen (secondary N) is 1. The summed E-state index contributed by atoms with van der Waals surface area (Å²) in [7, 11) is 0. The summed E-state index contributed by atoms with van der Waals surface area (Å²) in [5.74, 6) is -1.04. The summed E-state index contributed by atoms with van der Waals surface area (Å²) in [6.45, 7) is 7.27. The van der Waals surface area contributed by atoms with E-state index < -0.39 is 17.3 Å². The number of carbonyl (C=O) groups excluding carboxylic acids is 2. The Morgan fingerprint density at radius 3 is 2.55 bits per heavy atom.